The van der Waals surface area contributed by atoms with Crippen molar-refractivity contribution in [1.82, 2.24) is 15.3 Å². The quantitative estimate of drug-likeness (QED) is 0.801. The Morgan fingerprint density at radius 3 is 3.04 bits per heavy atom. The summed E-state index contributed by atoms with van der Waals surface area (Å²) in [5.74, 6) is 0.712. The van der Waals surface area contributed by atoms with Gasteiger partial charge in [-0.05, 0) is 45.9 Å². The molecule has 2 aromatic heterocycles. The molecule has 124 valence electrons. The van der Waals surface area contributed by atoms with Crippen molar-refractivity contribution in [1.29, 1.82) is 0 Å². The topological polar surface area (TPSA) is 79.0 Å². The largest absolute Gasteiger partial charge is 0.372 e. The lowest BCUT2D eigenvalue weighted by Crippen LogP contribution is -2.50. The lowest BCUT2D eigenvalue weighted by molar-refractivity contribution is -0.0111. The third-order valence-electron chi connectivity index (χ3n) is 4.15. The average molecular weight is 316 g/mol. The van der Waals surface area contributed by atoms with Gasteiger partial charge in [0.1, 0.15) is 0 Å². The van der Waals surface area contributed by atoms with Crippen molar-refractivity contribution in [3.05, 3.63) is 34.2 Å². The summed E-state index contributed by atoms with van der Waals surface area (Å²) in [6, 6.07) is 3.97. The molecule has 3 N–H and O–H groups in total. The van der Waals surface area contributed by atoms with Crippen molar-refractivity contribution in [2.75, 3.05) is 18.4 Å². The maximum absolute atomic E-state index is 11.9. The summed E-state index contributed by atoms with van der Waals surface area (Å²) in [7, 11) is 0. The van der Waals surface area contributed by atoms with Gasteiger partial charge in [-0.1, -0.05) is 0 Å². The van der Waals surface area contributed by atoms with Crippen molar-refractivity contribution in [2.24, 2.45) is 0 Å². The molecule has 0 amide bonds. The molecular weight excluding hydrogens is 292 g/mol. The molecule has 0 unspecified atom stereocenters. The van der Waals surface area contributed by atoms with Crippen LogP contribution in [0.3, 0.4) is 0 Å². The Morgan fingerprint density at radius 2 is 2.26 bits per heavy atom. The Bertz CT molecular complexity index is 741. The van der Waals surface area contributed by atoms with Crippen molar-refractivity contribution in [3.63, 3.8) is 0 Å². The number of aromatic amines is 1. The monoisotopic (exact) mass is 316 g/mol. The Hall–Kier alpha value is -1.92. The molecule has 2 atom stereocenters. The SMILES string of the molecule is Cc1cc2ccnc(N[C@H]3CCNC[C@H]3OC(C)C)c2[nH]c1=O. The number of hydrogen-bond acceptors (Lipinski definition) is 5. The fourth-order valence-corrected chi connectivity index (χ4v) is 3.01. The minimum absolute atomic E-state index is 0.0751. The van der Waals surface area contributed by atoms with Gasteiger partial charge in [0.05, 0.1) is 23.8 Å². The van der Waals surface area contributed by atoms with Crippen LogP contribution >= 0.6 is 0 Å². The maximum Gasteiger partial charge on any atom is 0.251 e. The van der Waals surface area contributed by atoms with Gasteiger partial charge in [-0.3, -0.25) is 4.79 Å². The maximum atomic E-state index is 11.9. The van der Waals surface area contributed by atoms with E-state index < -0.39 is 0 Å². The first kappa shape index (κ1) is 16.0. The molecule has 0 saturated carbocycles. The highest BCUT2D eigenvalue weighted by Gasteiger charge is 2.27. The van der Waals surface area contributed by atoms with Gasteiger partial charge in [0, 0.05) is 23.7 Å². The van der Waals surface area contributed by atoms with Crippen LogP contribution in [0.1, 0.15) is 25.8 Å². The summed E-state index contributed by atoms with van der Waals surface area (Å²) in [6.07, 6.45) is 2.97. The number of nitrogens with one attached hydrogen (secondary N) is 3. The lowest BCUT2D eigenvalue weighted by Gasteiger charge is -2.34. The van der Waals surface area contributed by atoms with Gasteiger partial charge >= 0.3 is 0 Å². The first-order chi connectivity index (χ1) is 11.0. The van der Waals surface area contributed by atoms with E-state index >= 15 is 0 Å². The predicted molar refractivity (Wildman–Crippen MR) is 92.0 cm³/mol. The minimum atomic E-state index is -0.0751. The third kappa shape index (κ3) is 3.54. The number of pyridine rings is 2. The van der Waals surface area contributed by atoms with E-state index in [0.29, 0.717) is 11.4 Å². The van der Waals surface area contributed by atoms with E-state index in [9.17, 15) is 4.79 Å². The highest BCUT2D eigenvalue weighted by Crippen LogP contribution is 2.21. The molecule has 3 heterocycles. The molecule has 0 spiro atoms. The van der Waals surface area contributed by atoms with Crippen LogP contribution < -0.4 is 16.2 Å². The number of aromatic nitrogens is 2. The number of hydrogen-bond donors (Lipinski definition) is 3. The second kappa shape index (κ2) is 6.68. The van der Waals surface area contributed by atoms with Gasteiger partial charge in [-0.2, -0.15) is 0 Å². The van der Waals surface area contributed by atoms with Crippen LogP contribution in [0.15, 0.2) is 23.1 Å². The van der Waals surface area contributed by atoms with E-state index in [1.165, 1.54) is 0 Å². The second-order valence-electron chi connectivity index (χ2n) is 6.37. The zero-order valence-electron chi connectivity index (χ0n) is 13.8. The van der Waals surface area contributed by atoms with Crippen molar-refractivity contribution >= 4 is 16.7 Å². The van der Waals surface area contributed by atoms with Gasteiger partial charge in [0.25, 0.3) is 5.56 Å². The Labute approximate surface area is 135 Å². The molecule has 0 bridgehead atoms. The van der Waals surface area contributed by atoms with Gasteiger partial charge < -0.3 is 20.4 Å². The fraction of sp³-hybridized carbons (Fsp3) is 0.529. The van der Waals surface area contributed by atoms with E-state index in [2.05, 4.69) is 20.6 Å². The average Bonchev–Trinajstić information content (AvgIpc) is 2.50. The van der Waals surface area contributed by atoms with Gasteiger partial charge in [0.2, 0.25) is 0 Å². The van der Waals surface area contributed by atoms with E-state index in [0.717, 1.165) is 30.4 Å². The number of piperidine rings is 1. The summed E-state index contributed by atoms with van der Waals surface area (Å²) >= 11 is 0. The summed E-state index contributed by atoms with van der Waals surface area (Å²) in [4.78, 5) is 19.3. The molecule has 2 aromatic rings. The van der Waals surface area contributed by atoms with Crippen molar-refractivity contribution in [3.8, 4) is 0 Å². The van der Waals surface area contributed by atoms with Crippen LogP contribution in [-0.2, 0) is 4.74 Å². The zero-order valence-corrected chi connectivity index (χ0v) is 13.8. The summed E-state index contributed by atoms with van der Waals surface area (Å²) in [5, 5.41) is 7.83. The summed E-state index contributed by atoms with van der Waals surface area (Å²) in [5.41, 5.74) is 1.39. The molecule has 1 fully saturated rings. The van der Waals surface area contributed by atoms with Crippen LogP contribution in [-0.4, -0.2) is 41.3 Å². The number of anilines is 1. The number of fused-ring (bicyclic) bond motifs is 1. The first-order valence-corrected chi connectivity index (χ1v) is 8.16. The number of H-pyrrole nitrogens is 1. The summed E-state index contributed by atoms with van der Waals surface area (Å²) < 4.78 is 6.01. The minimum Gasteiger partial charge on any atom is -0.372 e. The van der Waals surface area contributed by atoms with Crippen LogP contribution in [0.25, 0.3) is 10.9 Å². The Morgan fingerprint density at radius 1 is 1.43 bits per heavy atom. The van der Waals surface area contributed by atoms with Crippen LogP contribution in [0, 0.1) is 6.92 Å². The smallest absolute Gasteiger partial charge is 0.251 e. The van der Waals surface area contributed by atoms with E-state index in [1.807, 2.05) is 32.9 Å². The molecule has 0 aliphatic carbocycles. The Kier molecular flexibility index (Phi) is 4.63. The fourth-order valence-electron chi connectivity index (χ4n) is 3.01. The standard InChI is InChI=1S/C17H24N4O2/c1-10(2)23-14-9-18-6-5-13(14)20-16-15-12(4-7-19-16)8-11(3)17(22)21-15/h4,7-8,10,13-14,18H,5-6,9H2,1-3H3,(H,19,20)(H,21,22)/t13-,14+/m0/s1. The van der Waals surface area contributed by atoms with Crippen molar-refractivity contribution in [2.45, 2.75) is 45.4 Å². The molecule has 0 radical (unpaired) electrons. The van der Waals surface area contributed by atoms with E-state index in [1.54, 1.807) is 6.20 Å². The molecular formula is C17H24N4O2. The van der Waals surface area contributed by atoms with Gasteiger partial charge in [-0.25, -0.2) is 4.98 Å². The highest BCUT2D eigenvalue weighted by molar-refractivity contribution is 5.88. The molecule has 6 nitrogen and oxygen atoms in total. The molecule has 1 aliphatic rings. The first-order valence-electron chi connectivity index (χ1n) is 8.16. The molecule has 3 rings (SSSR count). The molecule has 1 aliphatic heterocycles. The third-order valence-corrected chi connectivity index (χ3v) is 4.15. The van der Waals surface area contributed by atoms with Crippen LogP contribution in [0.5, 0.6) is 0 Å². The van der Waals surface area contributed by atoms with Crippen molar-refractivity contribution < 1.29 is 4.74 Å². The van der Waals surface area contributed by atoms with Gasteiger partial charge in [0.15, 0.2) is 5.82 Å². The van der Waals surface area contributed by atoms with E-state index in [4.69, 9.17) is 4.74 Å². The number of ether oxygens (including phenoxy) is 1. The second-order valence-corrected chi connectivity index (χ2v) is 6.37. The highest BCUT2D eigenvalue weighted by atomic mass is 16.5. The molecule has 0 aromatic carbocycles. The number of rotatable bonds is 4. The van der Waals surface area contributed by atoms with Gasteiger partial charge in [-0.15, -0.1) is 0 Å². The Balaban J connectivity index is 1.90. The lowest BCUT2D eigenvalue weighted by atomic mass is 10.0. The normalized spacial score (nSPS) is 21.7. The number of aryl methyl sites for hydroxylation is 1. The molecule has 1 saturated heterocycles. The number of nitrogens with zero attached hydrogens (tertiary/aromatic N) is 1. The zero-order chi connectivity index (χ0) is 16.4. The predicted octanol–water partition coefficient (Wildman–Crippen LogP) is 1.80. The van der Waals surface area contributed by atoms with E-state index in [-0.39, 0.29) is 23.8 Å². The van der Waals surface area contributed by atoms with Crippen LogP contribution in [0.4, 0.5) is 5.82 Å². The molecule has 23 heavy (non-hydrogen) atoms. The van der Waals surface area contributed by atoms with Crippen LogP contribution in [0.2, 0.25) is 0 Å². The molecule has 6 heteroatoms. The summed E-state index contributed by atoms with van der Waals surface area (Å²) in [6.45, 7) is 7.65.